The van der Waals surface area contributed by atoms with Crippen LogP contribution >= 0.6 is 0 Å². The third-order valence-electron chi connectivity index (χ3n) is 6.63. The highest BCUT2D eigenvalue weighted by Crippen LogP contribution is 2.30. The van der Waals surface area contributed by atoms with Gasteiger partial charge >= 0.3 is 0 Å². The predicted octanol–water partition coefficient (Wildman–Crippen LogP) is 2.98. The Bertz CT molecular complexity index is 1210. The number of fused-ring (bicyclic) bond motifs is 2. The number of nitrogens with zero attached hydrogens (tertiary/aromatic N) is 4. The van der Waals surface area contributed by atoms with Gasteiger partial charge in [0, 0.05) is 39.3 Å². The lowest BCUT2D eigenvalue weighted by Gasteiger charge is -2.27. The number of Topliss-reactive ketones (excluding diaryl/α,β-unsaturated/α-hetero) is 1. The van der Waals surface area contributed by atoms with E-state index in [1.54, 1.807) is 19.2 Å². The van der Waals surface area contributed by atoms with Crippen molar-refractivity contribution in [1.29, 1.82) is 0 Å². The summed E-state index contributed by atoms with van der Waals surface area (Å²) >= 11 is 0. The molecule has 2 aliphatic rings. The summed E-state index contributed by atoms with van der Waals surface area (Å²) in [6.45, 7) is 0.922. The van der Waals surface area contributed by atoms with Gasteiger partial charge in [-0.05, 0) is 55.9 Å². The molecule has 0 radical (unpaired) electrons. The largest absolute Gasteiger partial charge is 0.501 e. The Hall–Kier alpha value is -3.49. The molecule has 0 saturated heterocycles. The second-order valence-electron chi connectivity index (χ2n) is 8.89. The van der Waals surface area contributed by atoms with Crippen LogP contribution in [0.5, 0.6) is 5.75 Å². The Morgan fingerprint density at radius 2 is 1.88 bits per heavy atom. The van der Waals surface area contributed by atoms with E-state index < -0.39 is 23.1 Å². The van der Waals surface area contributed by atoms with Crippen LogP contribution in [0.15, 0.2) is 35.1 Å². The lowest BCUT2D eigenvalue weighted by Crippen LogP contribution is -2.35. The summed E-state index contributed by atoms with van der Waals surface area (Å²) in [5.41, 5.74) is 0.479. The zero-order chi connectivity index (χ0) is 24.4. The summed E-state index contributed by atoms with van der Waals surface area (Å²) in [6.07, 6.45) is 6.22. The zero-order valence-electron chi connectivity index (χ0n) is 19.5. The Balaban J connectivity index is 1.82. The molecule has 1 unspecified atom stereocenters. The monoisotopic (exact) mass is 468 g/mol. The highest BCUT2D eigenvalue weighted by atomic mass is 19.1. The quantitative estimate of drug-likeness (QED) is 0.639. The van der Waals surface area contributed by atoms with Crippen molar-refractivity contribution in [2.45, 2.75) is 51.1 Å². The molecule has 2 aromatic rings. The van der Waals surface area contributed by atoms with Crippen molar-refractivity contribution in [1.82, 2.24) is 14.5 Å². The number of benzene rings is 1. The van der Waals surface area contributed by atoms with Gasteiger partial charge in [-0.2, -0.15) is 0 Å². The number of ketones is 1. The zero-order valence-corrected chi connectivity index (χ0v) is 19.5. The standard InChI is InChI=1S/C25H29FN4O4/c1-28-13-5-4-8-21(32)29(2)18-7-3-6-14-30-24(18)27-22(23(33)25(30)34)20(31)12-10-16-9-11-17(26)15-19(16)28/h4,8-9,11,15,18,33H,3,5-7,10,12-14H2,1-2H3/b8-4+. The minimum atomic E-state index is -0.667. The molecule has 8 nitrogen and oxygen atoms in total. The van der Waals surface area contributed by atoms with Crippen LogP contribution in [0.3, 0.4) is 0 Å². The Morgan fingerprint density at radius 3 is 2.68 bits per heavy atom. The smallest absolute Gasteiger partial charge is 0.296 e. The van der Waals surface area contributed by atoms with Gasteiger partial charge in [-0.25, -0.2) is 9.37 Å². The number of hydrogen-bond donors (Lipinski definition) is 1. The van der Waals surface area contributed by atoms with Crippen LogP contribution in [0.2, 0.25) is 0 Å². The molecule has 1 N–H and O–H groups in total. The van der Waals surface area contributed by atoms with Crippen molar-refractivity contribution < 1.29 is 19.1 Å². The van der Waals surface area contributed by atoms with Gasteiger partial charge in [-0.3, -0.25) is 19.0 Å². The fourth-order valence-electron chi connectivity index (χ4n) is 4.64. The van der Waals surface area contributed by atoms with Gasteiger partial charge in [-0.15, -0.1) is 0 Å². The van der Waals surface area contributed by atoms with Gasteiger partial charge in [0.1, 0.15) is 11.6 Å². The average molecular weight is 469 g/mol. The number of anilines is 1. The molecule has 0 fully saturated rings. The number of amides is 1. The number of rotatable bonds is 0. The Labute approximate surface area is 197 Å². The van der Waals surface area contributed by atoms with Crippen LogP contribution in [0.1, 0.15) is 60.0 Å². The summed E-state index contributed by atoms with van der Waals surface area (Å²) in [5.74, 6) is -1.44. The van der Waals surface area contributed by atoms with Crippen molar-refractivity contribution in [3.05, 3.63) is 63.6 Å². The first kappa shape index (κ1) is 23.7. The third kappa shape index (κ3) is 4.60. The number of carbonyl (C=O) groups excluding carboxylic acids is 2. The van der Waals surface area contributed by atoms with Crippen LogP contribution in [0, 0.1) is 5.82 Å². The number of likely N-dealkylation sites (N-methyl/N-ethyl adjacent to an activating group) is 1. The molecule has 3 heterocycles. The molecule has 0 aliphatic carbocycles. The molecule has 2 aliphatic heterocycles. The van der Waals surface area contributed by atoms with Crippen molar-refractivity contribution in [2.75, 3.05) is 25.5 Å². The van der Waals surface area contributed by atoms with Crippen LogP contribution in [0.4, 0.5) is 10.1 Å². The lowest BCUT2D eigenvalue weighted by atomic mass is 10.0. The molecule has 1 aromatic heterocycles. The molecule has 1 atom stereocenters. The first-order chi connectivity index (χ1) is 16.3. The predicted molar refractivity (Wildman–Crippen MR) is 126 cm³/mol. The molecule has 0 spiro atoms. The van der Waals surface area contributed by atoms with Gasteiger partial charge in [0.15, 0.2) is 11.5 Å². The van der Waals surface area contributed by atoms with Crippen molar-refractivity contribution in [3.63, 3.8) is 0 Å². The van der Waals surface area contributed by atoms with Gasteiger partial charge in [0.2, 0.25) is 11.7 Å². The molecule has 1 aromatic carbocycles. The molecule has 180 valence electrons. The van der Waals surface area contributed by atoms with E-state index in [9.17, 15) is 23.9 Å². The topological polar surface area (TPSA) is 95.7 Å². The fourth-order valence-corrected chi connectivity index (χ4v) is 4.64. The van der Waals surface area contributed by atoms with Crippen LogP contribution in [-0.2, 0) is 17.8 Å². The van der Waals surface area contributed by atoms with Gasteiger partial charge < -0.3 is 14.9 Å². The number of aromatic hydroxyl groups is 1. The summed E-state index contributed by atoms with van der Waals surface area (Å²) in [7, 11) is 3.48. The van der Waals surface area contributed by atoms with E-state index in [0.717, 1.165) is 12.0 Å². The van der Waals surface area contributed by atoms with Crippen molar-refractivity contribution in [2.24, 2.45) is 0 Å². The number of aromatic nitrogens is 2. The molecule has 0 saturated carbocycles. The molecule has 2 bridgehead atoms. The molecular formula is C25H29FN4O4. The van der Waals surface area contributed by atoms with Gasteiger partial charge in [0.05, 0.1) is 6.04 Å². The summed E-state index contributed by atoms with van der Waals surface area (Å²) in [5, 5.41) is 10.6. The number of hydrogen-bond acceptors (Lipinski definition) is 6. The Morgan fingerprint density at radius 1 is 1.09 bits per heavy atom. The van der Waals surface area contributed by atoms with Gasteiger partial charge in [0.25, 0.3) is 5.56 Å². The van der Waals surface area contributed by atoms with E-state index in [1.807, 2.05) is 11.9 Å². The van der Waals surface area contributed by atoms with E-state index in [0.29, 0.717) is 50.3 Å². The second-order valence-corrected chi connectivity index (χ2v) is 8.89. The maximum atomic E-state index is 14.0. The fraction of sp³-hybridized carbons (Fsp3) is 0.440. The summed E-state index contributed by atoms with van der Waals surface area (Å²) in [4.78, 5) is 46.9. The van der Waals surface area contributed by atoms with E-state index in [2.05, 4.69) is 4.98 Å². The third-order valence-corrected chi connectivity index (χ3v) is 6.63. The second kappa shape index (κ2) is 9.79. The van der Waals surface area contributed by atoms with Gasteiger partial charge in [-0.1, -0.05) is 12.1 Å². The highest BCUT2D eigenvalue weighted by Gasteiger charge is 2.30. The van der Waals surface area contributed by atoms with E-state index in [1.165, 1.54) is 27.7 Å². The first-order valence-corrected chi connectivity index (χ1v) is 11.6. The molecular weight excluding hydrogens is 439 g/mol. The van der Waals surface area contributed by atoms with E-state index >= 15 is 0 Å². The first-order valence-electron chi connectivity index (χ1n) is 11.6. The number of aryl methyl sites for hydroxylation is 1. The highest BCUT2D eigenvalue weighted by molar-refractivity contribution is 5.96. The molecule has 34 heavy (non-hydrogen) atoms. The maximum Gasteiger partial charge on any atom is 0.296 e. The maximum absolute atomic E-state index is 14.0. The average Bonchev–Trinajstić information content (AvgIpc) is 3.04. The van der Waals surface area contributed by atoms with E-state index in [4.69, 9.17) is 0 Å². The normalized spacial score (nSPS) is 20.6. The number of halogens is 1. The lowest BCUT2D eigenvalue weighted by molar-refractivity contribution is -0.127. The van der Waals surface area contributed by atoms with Crippen molar-refractivity contribution in [3.8, 4) is 5.75 Å². The van der Waals surface area contributed by atoms with Crippen LogP contribution in [-0.4, -0.2) is 51.9 Å². The Kier molecular flexibility index (Phi) is 6.81. The number of carbonyl (C=O) groups is 2. The summed E-state index contributed by atoms with van der Waals surface area (Å²) in [6, 6.07) is 3.92. The minimum absolute atomic E-state index is 0.00470. The summed E-state index contributed by atoms with van der Waals surface area (Å²) < 4.78 is 15.3. The SMILES string of the molecule is CN1CC/C=C/C(=O)N(C)C2CCCCn3c2nc(c(O)c3=O)C(=O)CCc2ccc(F)cc21. The van der Waals surface area contributed by atoms with E-state index in [-0.39, 0.29) is 23.8 Å². The van der Waals surface area contributed by atoms with Crippen LogP contribution < -0.4 is 10.5 Å². The molecule has 1 amide bonds. The van der Waals surface area contributed by atoms with Crippen LogP contribution in [0.25, 0.3) is 0 Å². The van der Waals surface area contributed by atoms with Crippen molar-refractivity contribution >= 4 is 17.4 Å². The minimum Gasteiger partial charge on any atom is -0.501 e. The molecule has 9 heteroatoms. The molecule has 4 rings (SSSR count).